The molecule has 0 aliphatic rings. The molecule has 1 aromatic heterocycles. The maximum atomic E-state index is 11.9. The molecular weight excluding hydrogens is 250 g/mol. The molecule has 0 aliphatic heterocycles. The van der Waals surface area contributed by atoms with Crippen molar-refractivity contribution in [2.45, 2.75) is 25.8 Å². The molecule has 102 valence electrons. The van der Waals surface area contributed by atoms with Crippen molar-refractivity contribution in [3.63, 3.8) is 0 Å². The van der Waals surface area contributed by atoms with Gasteiger partial charge < -0.3 is 16.2 Å². The molecule has 0 spiro atoms. The maximum Gasteiger partial charge on any atom is 0.326 e. The van der Waals surface area contributed by atoms with Gasteiger partial charge in [0.25, 0.3) is 5.91 Å². The van der Waals surface area contributed by atoms with E-state index in [-0.39, 0.29) is 12.8 Å². The van der Waals surface area contributed by atoms with Gasteiger partial charge in [0.15, 0.2) is 0 Å². The molecule has 0 bridgehead atoms. The third kappa shape index (κ3) is 4.38. The highest BCUT2D eigenvalue weighted by atomic mass is 16.4. The van der Waals surface area contributed by atoms with Crippen LogP contribution in [-0.2, 0) is 9.59 Å². The molecule has 1 rings (SSSR count). The van der Waals surface area contributed by atoms with Crippen LogP contribution in [0.2, 0.25) is 0 Å². The number of nitrogens with zero attached hydrogens (tertiary/aromatic N) is 1. The van der Waals surface area contributed by atoms with Crippen molar-refractivity contribution in [3.8, 4) is 0 Å². The molecule has 19 heavy (non-hydrogen) atoms. The smallest absolute Gasteiger partial charge is 0.326 e. The summed E-state index contributed by atoms with van der Waals surface area (Å²) >= 11 is 0. The Morgan fingerprint density at radius 3 is 2.68 bits per heavy atom. The number of hydrogen-bond acceptors (Lipinski definition) is 4. The molecule has 0 radical (unpaired) electrons. The number of pyridine rings is 1. The number of nitrogens with two attached hydrogens (primary N) is 1. The predicted octanol–water partition coefficient (Wildman–Crippen LogP) is -0.161. The predicted molar refractivity (Wildman–Crippen MR) is 66.3 cm³/mol. The van der Waals surface area contributed by atoms with Crippen LogP contribution in [0.5, 0.6) is 0 Å². The average molecular weight is 265 g/mol. The summed E-state index contributed by atoms with van der Waals surface area (Å²) in [6.45, 7) is 1.65. The fraction of sp³-hybridized carbons (Fsp3) is 0.333. The van der Waals surface area contributed by atoms with Gasteiger partial charge in [-0.1, -0.05) is 0 Å². The number of hydrogen-bond donors (Lipinski definition) is 3. The summed E-state index contributed by atoms with van der Waals surface area (Å²) in [5, 5.41) is 11.3. The number of primary amides is 1. The molecule has 0 unspecified atom stereocenters. The molecule has 0 saturated heterocycles. The largest absolute Gasteiger partial charge is 0.480 e. The van der Waals surface area contributed by atoms with Gasteiger partial charge in [-0.2, -0.15) is 0 Å². The average Bonchev–Trinajstić information content (AvgIpc) is 2.34. The molecule has 4 N–H and O–H groups in total. The van der Waals surface area contributed by atoms with Gasteiger partial charge in [0.05, 0.1) is 5.56 Å². The van der Waals surface area contributed by atoms with Crippen molar-refractivity contribution in [3.05, 3.63) is 29.6 Å². The molecule has 0 fully saturated rings. The monoisotopic (exact) mass is 265 g/mol. The quantitative estimate of drug-likeness (QED) is 0.659. The SMILES string of the molecule is Cc1ncccc1C(=O)N[C@H](CCC(N)=O)C(=O)O. The van der Waals surface area contributed by atoms with Crippen LogP contribution >= 0.6 is 0 Å². The standard InChI is InChI=1S/C12H15N3O4/c1-7-8(3-2-6-14-7)11(17)15-9(12(18)19)4-5-10(13)16/h2-3,6,9H,4-5H2,1H3,(H2,13,16)(H,15,17)(H,18,19)/t9-/m1/s1. The Kier molecular flexibility index (Phi) is 4.99. The van der Waals surface area contributed by atoms with Crippen molar-refractivity contribution in [1.82, 2.24) is 10.3 Å². The molecule has 2 amide bonds. The third-order valence-corrected chi connectivity index (χ3v) is 2.53. The van der Waals surface area contributed by atoms with E-state index in [1.54, 1.807) is 19.1 Å². The summed E-state index contributed by atoms with van der Waals surface area (Å²) < 4.78 is 0. The zero-order valence-electron chi connectivity index (χ0n) is 10.4. The van der Waals surface area contributed by atoms with Gasteiger partial charge >= 0.3 is 5.97 Å². The molecule has 0 aromatic carbocycles. The van der Waals surface area contributed by atoms with Gasteiger partial charge in [-0.05, 0) is 25.5 Å². The molecule has 0 aliphatic carbocycles. The normalized spacial score (nSPS) is 11.6. The van der Waals surface area contributed by atoms with Crippen LogP contribution in [0.4, 0.5) is 0 Å². The second-order valence-corrected chi connectivity index (χ2v) is 4.01. The van der Waals surface area contributed by atoms with Gasteiger partial charge in [-0.15, -0.1) is 0 Å². The van der Waals surface area contributed by atoms with Gasteiger partial charge in [-0.25, -0.2) is 4.79 Å². The third-order valence-electron chi connectivity index (χ3n) is 2.53. The summed E-state index contributed by atoms with van der Waals surface area (Å²) in [5.74, 6) is -2.36. The van der Waals surface area contributed by atoms with Crippen molar-refractivity contribution >= 4 is 17.8 Å². The number of carbonyl (C=O) groups is 3. The molecule has 1 heterocycles. The van der Waals surface area contributed by atoms with E-state index in [9.17, 15) is 14.4 Å². The lowest BCUT2D eigenvalue weighted by atomic mass is 10.1. The van der Waals surface area contributed by atoms with E-state index < -0.39 is 23.8 Å². The number of nitrogens with one attached hydrogen (secondary N) is 1. The fourth-order valence-corrected chi connectivity index (χ4v) is 1.50. The van der Waals surface area contributed by atoms with Crippen LogP contribution in [0.3, 0.4) is 0 Å². The van der Waals surface area contributed by atoms with E-state index in [4.69, 9.17) is 10.8 Å². The summed E-state index contributed by atoms with van der Waals surface area (Å²) in [6, 6.07) is 1.98. The van der Waals surface area contributed by atoms with Crippen LogP contribution in [-0.4, -0.2) is 33.9 Å². The van der Waals surface area contributed by atoms with E-state index in [2.05, 4.69) is 10.3 Å². The van der Waals surface area contributed by atoms with Crippen LogP contribution in [0.1, 0.15) is 28.9 Å². The lowest BCUT2D eigenvalue weighted by Gasteiger charge is -2.14. The Bertz CT molecular complexity index is 502. The minimum Gasteiger partial charge on any atom is -0.480 e. The minimum atomic E-state index is -1.21. The number of carbonyl (C=O) groups excluding carboxylic acids is 2. The highest BCUT2D eigenvalue weighted by Crippen LogP contribution is 2.05. The van der Waals surface area contributed by atoms with Crippen LogP contribution in [0.25, 0.3) is 0 Å². The van der Waals surface area contributed by atoms with E-state index in [0.29, 0.717) is 11.3 Å². The Balaban J connectivity index is 2.74. The molecular formula is C12H15N3O4. The lowest BCUT2D eigenvalue weighted by Crippen LogP contribution is -2.41. The highest BCUT2D eigenvalue weighted by Gasteiger charge is 2.21. The van der Waals surface area contributed by atoms with E-state index in [1.165, 1.54) is 6.20 Å². The number of amides is 2. The Labute approximate surface area is 109 Å². The molecule has 7 nitrogen and oxygen atoms in total. The number of carboxylic acid groups (broad SMARTS) is 1. The van der Waals surface area contributed by atoms with Gasteiger partial charge in [0, 0.05) is 18.3 Å². The number of aromatic nitrogens is 1. The van der Waals surface area contributed by atoms with Crippen molar-refractivity contribution < 1.29 is 19.5 Å². The second-order valence-electron chi connectivity index (χ2n) is 4.01. The van der Waals surface area contributed by atoms with E-state index >= 15 is 0 Å². The van der Waals surface area contributed by atoms with Gasteiger partial charge in [0.2, 0.25) is 5.91 Å². The summed E-state index contributed by atoms with van der Waals surface area (Å²) in [4.78, 5) is 37.5. The van der Waals surface area contributed by atoms with Crippen LogP contribution in [0, 0.1) is 6.92 Å². The lowest BCUT2D eigenvalue weighted by molar-refractivity contribution is -0.139. The number of rotatable bonds is 6. The topological polar surface area (TPSA) is 122 Å². The first-order chi connectivity index (χ1) is 8.91. The minimum absolute atomic E-state index is 0.0459. The second kappa shape index (κ2) is 6.48. The Hall–Kier alpha value is -2.44. The molecule has 7 heteroatoms. The maximum absolute atomic E-state index is 11.9. The number of aliphatic carboxylic acids is 1. The summed E-state index contributed by atoms with van der Waals surface area (Å²) in [5.41, 5.74) is 5.75. The fourth-order valence-electron chi connectivity index (χ4n) is 1.50. The number of carboxylic acids is 1. The molecule has 1 aromatic rings. The zero-order valence-corrected chi connectivity index (χ0v) is 10.4. The first-order valence-electron chi connectivity index (χ1n) is 5.65. The van der Waals surface area contributed by atoms with Gasteiger partial charge in [0.1, 0.15) is 6.04 Å². The van der Waals surface area contributed by atoms with Gasteiger partial charge in [-0.3, -0.25) is 14.6 Å². The van der Waals surface area contributed by atoms with Crippen molar-refractivity contribution in [1.29, 1.82) is 0 Å². The van der Waals surface area contributed by atoms with E-state index in [0.717, 1.165) is 0 Å². The van der Waals surface area contributed by atoms with Crippen LogP contribution in [0.15, 0.2) is 18.3 Å². The Morgan fingerprint density at radius 2 is 2.16 bits per heavy atom. The zero-order chi connectivity index (χ0) is 14.4. The first kappa shape index (κ1) is 14.6. The molecule has 0 saturated carbocycles. The van der Waals surface area contributed by atoms with Crippen molar-refractivity contribution in [2.24, 2.45) is 5.73 Å². The highest BCUT2D eigenvalue weighted by molar-refractivity contribution is 5.97. The Morgan fingerprint density at radius 1 is 1.47 bits per heavy atom. The van der Waals surface area contributed by atoms with Crippen molar-refractivity contribution in [2.75, 3.05) is 0 Å². The summed E-state index contributed by atoms with van der Waals surface area (Å²) in [7, 11) is 0. The summed E-state index contributed by atoms with van der Waals surface area (Å²) in [6.07, 6.45) is 1.38. The molecule has 1 atom stereocenters. The van der Waals surface area contributed by atoms with E-state index in [1.807, 2.05) is 0 Å². The first-order valence-corrected chi connectivity index (χ1v) is 5.65. The number of aryl methyl sites for hydroxylation is 1. The van der Waals surface area contributed by atoms with Crippen LogP contribution < -0.4 is 11.1 Å².